The number of carbonyl (C=O) groups excluding carboxylic acids is 1. The molecule has 7 rings (SSSR count). The van der Waals surface area contributed by atoms with Crippen LogP contribution in [0.1, 0.15) is 77.2 Å². The van der Waals surface area contributed by atoms with Crippen molar-refractivity contribution in [2.45, 2.75) is 95.4 Å². The molecule has 1 aromatic heterocycles. The molecule has 4 saturated carbocycles. The first-order valence-corrected chi connectivity index (χ1v) is 14.2. The van der Waals surface area contributed by atoms with Crippen LogP contribution in [0.4, 0.5) is 5.69 Å². The number of esters is 1. The number of rotatable bonds is 8. The lowest BCUT2D eigenvalue weighted by molar-refractivity contribution is -0.156. The zero-order valence-electron chi connectivity index (χ0n) is 21.3. The minimum atomic E-state index is -0.307. The normalized spacial score (nSPS) is 25.0. The van der Waals surface area contributed by atoms with Crippen molar-refractivity contribution in [2.75, 3.05) is 4.90 Å². The van der Waals surface area contributed by atoms with Crippen LogP contribution in [0.15, 0.2) is 48.5 Å². The summed E-state index contributed by atoms with van der Waals surface area (Å²) in [7, 11) is 0. The average molecular weight is 484 g/mol. The minimum Gasteiger partial charge on any atom is -0.461 e. The van der Waals surface area contributed by atoms with E-state index in [2.05, 4.69) is 58.9 Å². The third-order valence-corrected chi connectivity index (χ3v) is 8.66. The minimum absolute atomic E-state index is 0.0517. The molecule has 0 saturated heterocycles. The molecule has 5 nitrogen and oxygen atoms in total. The van der Waals surface area contributed by atoms with E-state index in [1.165, 1.54) is 37.8 Å². The van der Waals surface area contributed by atoms with Gasteiger partial charge in [-0.25, -0.2) is 9.78 Å². The van der Waals surface area contributed by atoms with Gasteiger partial charge in [-0.05, 0) is 106 Å². The molecule has 0 aliphatic heterocycles. The molecule has 0 bridgehead atoms. The van der Waals surface area contributed by atoms with Gasteiger partial charge in [0, 0.05) is 23.3 Å². The Morgan fingerprint density at radius 3 is 2.33 bits per heavy atom. The number of fused-ring (bicyclic) bond motifs is 1. The number of anilines is 1. The van der Waals surface area contributed by atoms with Crippen LogP contribution in [0.2, 0.25) is 0 Å². The monoisotopic (exact) mass is 483 g/mol. The Bertz CT molecular complexity index is 1240. The van der Waals surface area contributed by atoms with Gasteiger partial charge < -0.3 is 14.2 Å². The number of aromatic nitrogens is 2. The van der Waals surface area contributed by atoms with Crippen LogP contribution in [-0.4, -0.2) is 33.7 Å². The van der Waals surface area contributed by atoms with Gasteiger partial charge in [-0.15, -0.1) is 0 Å². The topological polar surface area (TPSA) is 47.4 Å². The lowest BCUT2D eigenvalue weighted by Crippen LogP contribution is -2.31. The number of carbonyl (C=O) groups is 1. The van der Waals surface area contributed by atoms with E-state index in [-0.39, 0.29) is 18.1 Å². The van der Waals surface area contributed by atoms with Gasteiger partial charge in [0.15, 0.2) is 0 Å². The fourth-order valence-corrected chi connectivity index (χ4v) is 6.38. The lowest BCUT2D eigenvalue weighted by atomic mass is 9.88. The molecule has 0 N–H and O–H groups in total. The van der Waals surface area contributed by atoms with Crippen LogP contribution in [-0.2, 0) is 9.53 Å². The fraction of sp³-hybridized carbons (Fsp3) is 0.548. The molecule has 2 aromatic carbocycles. The largest absolute Gasteiger partial charge is 0.461 e. The highest BCUT2D eigenvalue weighted by atomic mass is 16.5. The Morgan fingerprint density at radius 1 is 0.944 bits per heavy atom. The average Bonchev–Trinajstić information content (AvgIpc) is 3.72. The summed E-state index contributed by atoms with van der Waals surface area (Å²) in [6.07, 6.45) is 11.8. The second-order valence-corrected chi connectivity index (χ2v) is 11.8. The van der Waals surface area contributed by atoms with E-state index in [9.17, 15) is 4.79 Å². The van der Waals surface area contributed by atoms with E-state index in [0.29, 0.717) is 11.8 Å². The van der Waals surface area contributed by atoms with Gasteiger partial charge >= 0.3 is 5.97 Å². The summed E-state index contributed by atoms with van der Waals surface area (Å²) in [5, 5.41) is 0. The van der Waals surface area contributed by atoms with E-state index in [1.54, 1.807) is 0 Å². The summed E-state index contributed by atoms with van der Waals surface area (Å²) in [6.45, 7) is 2.27. The van der Waals surface area contributed by atoms with Crippen molar-refractivity contribution in [2.24, 2.45) is 11.8 Å². The number of hydrogen-bond donors (Lipinski definition) is 0. The van der Waals surface area contributed by atoms with Crippen LogP contribution >= 0.6 is 0 Å². The third kappa shape index (κ3) is 4.31. The molecule has 36 heavy (non-hydrogen) atoms. The molecule has 3 unspecified atom stereocenters. The quantitative estimate of drug-likeness (QED) is 0.327. The molecule has 4 aliphatic rings. The highest BCUT2D eigenvalue weighted by Gasteiger charge is 2.42. The highest BCUT2D eigenvalue weighted by Crippen LogP contribution is 2.45. The van der Waals surface area contributed by atoms with Crippen LogP contribution < -0.4 is 4.90 Å². The maximum Gasteiger partial charge on any atom is 0.329 e. The summed E-state index contributed by atoms with van der Waals surface area (Å²) < 4.78 is 8.42. The summed E-state index contributed by atoms with van der Waals surface area (Å²) in [6, 6.07) is 18.3. The van der Waals surface area contributed by atoms with Crippen molar-refractivity contribution in [3.8, 4) is 11.4 Å². The SMILES string of the molecule is CC1CCCC(OC(=O)C(C2CC2)n2c(-c3ccc(N(C4CC4)C4CC4)cc3)nc3ccccc32)C1. The molecule has 0 spiro atoms. The number of hydrogen-bond acceptors (Lipinski definition) is 4. The number of nitrogens with zero attached hydrogens (tertiary/aromatic N) is 3. The fourth-order valence-electron chi connectivity index (χ4n) is 6.38. The van der Waals surface area contributed by atoms with Crippen molar-refractivity contribution in [3.05, 3.63) is 48.5 Å². The lowest BCUT2D eigenvalue weighted by Gasteiger charge is -2.29. The van der Waals surface area contributed by atoms with E-state index < -0.39 is 0 Å². The maximum absolute atomic E-state index is 13.8. The van der Waals surface area contributed by atoms with Gasteiger partial charge in [-0.1, -0.05) is 25.5 Å². The van der Waals surface area contributed by atoms with E-state index >= 15 is 0 Å². The predicted molar refractivity (Wildman–Crippen MR) is 143 cm³/mol. The Kier molecular flexibility index (Phi) is 5.55. The third-order valence-electron chi connectivity index (χ3n) is 8.66. The van der Waals surface area contributed by atoms with Crippen molar-refractivity contribution in [1.82, 2.24) is 9.55 Å². The van der Waals surface area contributed by atoms with E-state index in [0.717, 1.165) is 66.6 Å². The molecular weight excluding hydrogens is 446 g/mol. The number of imidazole rings is 1. The maximum atomic E-state index is 13.8. The Balaban J connectivity index is 1.24. The molecule has 4 aliphatic carbocycles. The Morgan fingerprint density at radius 2 is 1.67 bits per heavy atom. The second-order valence-electron chi connectivity index (χ2n) is 11.8. The summed E-state index contributed by atoms with van der Waals surface area (Å²) in [5.74, 6) is 1.78. The number of ether oxygens (including phenoxy) is 1. The van der Waals surface area contributed by atoms with Crippen LogP contribution in [0.5, 0.6) is 0 Å². The van der Waals surface area contributed by atoms with Gasteiger partial charge in [-0.3, -0.25) is 0 Å². The molecule has 5 heteroatoms. The predicted octanol–water partition coefficient (Wildman–Crippen LogP) is 6.91. The molecule has 3 atom stereocenters. The first-order valence-electron chi connectivity index (χ1n) is 14.2. The summed E-state index contributed by atoms with van der Waals surface area (Å²) >= 11 is 0. The first kappa shape index (κ1) is 22.4. The van der Waals surface area contributed by atoms with Crippen LogP contribution in [0.25, 0.3) is 22.4 Å². The van der Waals surface area contributed by atoms with Crippen LogP contribution in [0.3, 0.4) is 0 Å². The van der Waals surface area contributed by atoms with Crippen molar-refractivity contribution in [3.63, 3.8) is 0 Å². The molecule has 0 radical (unpaired) electrons. The second kappa shape index (κ2) is 8.93. The van der Waals surface area contributed by atoms with Gasteiger partial charge in [0.05, 0.1) is 11.0 Å². The molecule has 3 aromatic rings. The standard InChI is InChI=1S/C31H37N3O2/c1-20-5-4-6-26(19-20)36-31(35)29(21-9-10-21)34-28-8-3-2-7-27(28)32-30(34)22-11-13-23(14-12-22)33(24-15-16-24)25-17-18-25/h2-3,7-8,11-14,20-21,24-26,29H,4-6,9-10,15-19H2,1H3. The molecule has 0 amide bonds. The van der Waals surface area contributed by atoms with Gasteiger partial charge in [-0.2, -0.15) is 0 Å². The molecule has 4 fully saturated rings. The van der Waals surface area contributed by atoms with Gasteiger partial charge in [0.25, 0.3) is 0 Å². The molecule has 1 heterocycles. The summed E-state index contributed by atoms with van der Waals surface area (Å²) in [5.41, 5.74) is 4.38. The zero-order chi connectivity index (χ0) is 24.2. The molecular formula is C31H37N3O2. The number of para-hydroxylation sites is 2. The van der Waals surface area contributed by atoms with Crippen molar-refractivity contribution < 1.29 is 9.53 Å². The Labute approximate surface area is 213 Å². The van der Waals surface area contributed by atoms with Gasteiger partial charge in [0.1, 0.15) is 18.0 Å². The van der Waals surface area contributed by atoms with Crippen LogP contribution in [0, 0.1) is 11.8 Å². The zero-order valence-corrected chi connectivity index (χ0v) is 21.3. The first-order chi connectivity index (χ1) is 17.7. The smallest absolute Gasteiger partial charge is 0.329 e. The number of benzene rings is 2. The van der Waals surface area contributed by atoms with E-state index in [4.69, 9.17) is 9.72 Å². The Hall–Kier alpha value is -2.82. The van der Waals surface area contributed by atoms with Gasteiger partial charge in [0.2, 0.25) is 0 Å². The van der Waals surface area contributed by atoms with E-state index in [1.807, 2.05) is 6.07 Å². The molecule has 188 valence electrons. The van der Waals surface area contributed by atoms with Crippen molar-refractivity contribution >= 4 is 22.7 Å². The van der Waals surface area contributed by atoms with Crippen molar-refractivity contribution in [1.29, 1.82) is 0 Å². The highest BCUT2D eigenvalue weighted by molar-refractivity contribution is 5.85. The summed E-state index contributed by atoms with van der Waals surface area (Å²) in [4.78, 5) is 21.5.